The van der Waals surface area contributed by atoms with E-state index in [1.54, 1.807) is 4.90 Å². The van der Waals surface area contributed by atoms with Gasteiger partial charge in [0.1, 0.15) is 12.4 Å². The zero-order valence-corrected chi connectivity index (χ0v) is 14.4. The fourth-order valence-corrected chi connectivity index (χ4v) is 2.80. The standard InChI is InChI=1S/C17H19F3N4O3/c18-17(19,20)15-23-22-14(27-15)12-6-9-24(10-7-12)16(25)21-8-11-26-13-4-2-1-3-5-13/h1-5,12H,6-11H2,(H,21,25). The quantitative estimate of drug-likeness (QED) is 0.802. The van der Waals surface area contributed by atoms with E-state index in [9.17, 15) is 18.0 Å². The zero-order chi connectivity index (χ0) is 19.3. The number of aromatic nitrogens is 2. The van der Waals surface area contributed by atoms with Crippen molar-refractivity contribution in [1.29, 1.82) is 0 Å². The smallest absolute Gasteiger partial charge is 0.470 e. The second-order valence-electron chi connectivity index (χ2n) is 6.10. The summed E-state index contributed by atoms with van der Waals surface area (Å²) in [5.41, 5.74) is 0. The van der Waals surface area contributed by atoms with Gasteiger partial charge in [0.15, 0.2) is 0 Å². The zero-order valence-electron chi connectivity index (χ0n) is 14.4. The van der Waals surface area contributed by atoms with Crippen molar-refractivity contribution in [3.05, 3.63) is 42.1 Å². The first-order valence-electron chi connectivity index (χ1n) is 8.54. The van der Waals surface area contributed by atoms with Crippen molar-refractivity contribution in [3.8, 4) is 5.75 Å². The number of rotatable bonds is 5. The Bertz CT molecular complexity index is 743. The molecule has 27 heavy (non-hydrogen) atoms. The maximum Gasteiger partial charge on any atom is 0.470 e. The molecule has 7 nitrogen and oxygen atoms in total. The highest BCUT2D eigenvalue weighted by Crippen LogP contribution is 2.32. The van der Waals surface area contributed by atoms with Crippen LogP contribution in [0.1, 0.15) is 30.5 Å². The van der Waals surface area contributed by atoms with Crippen LogP contribution in [0.3, 0.4) is 0 Å². The number of carbonyl (C=O) groups excluding carboxylic acids is 1. The Hall–Kier alpha value is -2.78. The number of piperidine rings is 1. The number of carbonyl (C=O) groups is 1. The molecule has 0 unspecified atom stereocenters. The summed E-state index contributed by atoms with van der Waals surface area (Å²) in [5, 5.41) is 9.30. The van der Waals surface area contributed by atoms with Crippen molar-refractivity contribution in [2.75, 3.05) is 26.2 Å². The molecule has 3 rings (SSSR count). The molecule has 0 saturated carbocycles. The van der Waals surface area contributed by atoms with Gasteiger partial charge in [-0.2, -0.15) is 13.2 Å². The van der Waals surface area contributed by atoms with Crippen molar-refractivity contribution in [3.63, 3.8) is 0 Å². The molecular formula is C17H19F3N4O3. The van der Waals surface area contributed by atoms with Crippen molar-refractivity contribution < 1.29 is 27.1 Å². The van der Waals surface area contributed by atoms with Crippen LogP contribution in [0.5, 0.6) is 5.75 Å². The Kier molecular flexibility index (Phi) is 5.82. The highest BCUT2D eigenvalue weighted by Gasteiger charge is 2.39. The largest absolute Gasteiger partial charge is 0.492 e. The Balaban J connectivity index is 1.39. The molecule has 1 N–H and O–H groups in total. The maximum atomic E-state index is 12.5. The molecule has 2 aromatic rings. The van der Waals surface area contributed by atoms with E-state index in [0.29, 0.717) is 39.1 Å². The molecule has 146 valence electrons. The molecule has 10 heteroatoms. The first-order chi connectivity index (χ1) is 12.9. The number of hydrogen-bond acceptors (Lipinski definition) is 5. The Morgan fingerprint density at radius 1 is 1.22 bits per heavy atom. The van der Waals surface area contributed by atoms with E-state index >= 15 is 0 Å². The molecule has 1 fully saturated rings. The summed E-state index contributed by atoms with van der Waals surface area (Å²) in [6, 6.07) is 9.03. The molecule has 1 aromatic carbocycles. The molecule has 0 spiro atoms. The fraction of sp³-hybridized carbons (Fsp3) is 0.471. The van der Waals surface area contributed by atoms with Gasteiger partial charge in [0.05, 0.1) is 6.54 Å². The number of halogens is 3. The number of nitrogens with one attached hydrogen (secondary N) is 1. The van der Waals surface area contributed by atoms with Gasteiger partial charge in [0.2, 0.25) is 5.89 Å². The first kappa shape index (κ1) is 19.0. The molecule has 1 aromatic heterocycles. The average molecular weight is 384 g/mol. The lowest BCUT2D eigenvalue weighted by Gasteiger charge is -2.30. The summed E-state index contributed by atoms with van der Waals surface area (Å²) in [6.45, 7) is 1.50. The lowest BCUT2D eigenvalue weighted by molar-refractivity contribution is -0.157. The van der Waals surface area contributed by atoms with Crippen molar-refractivity contribution in [2.45, 2.75) is 24.9 Å². The number of benzene rings is 1. The molecule has 0 radical (unpaired) electrons. The predicted octanol–water partition coefficient (Wildman–Crippen LogP) is 3.06. The van der Waals surface area contributed by atoms with Gasteiger partial charge in [0.25, 0.3) is 0 Å². The molecule has 0 bridgehead atoms. The number of nitrogens with zero attached hydrogens (tertiary/aromatic N) is 3. The summed E-state index contributed by atoms with van der Waals surface area (Å²) >= 11 is 0. The number of alkyl halides is 3. The normalized spacial score (nSPS) is 15.6. The summed E-state index contributed by atoms with van der Waals surface area (Å²) in [7, 11) is 0. The van der Waals surface area contributed by atoms with Crippen LogP contribution >= 0.6 is 0 Å². The van der Waals surface area contributed by atoms with E-state index in [1.807, 2.05) is 30.3 Å². The van der Waals surface area contributed by atoms with Crippen LogP contribution in [0.2, 0.25) is 0 Å². The van der Waals surface area contributed by atoms with Gasteiger partial charge < -0.3 is 19.4 Å². The number of ether oxygens (including phenoxy) is 1. The molecule has 0 aliphatic carbocycles. The van der Waals surface area contributed by atoms with Crippen LogP contribution < -0.4 is 10.1 Å². The van der Waals surface area contributed by atoms with E-state index in [0.717, 1.165) is 5.75 Å². The average Bonchev–Trinajstić information content (AvgIpc) is 3.17. The minimum absolute atomic E-state index is 0.0290. The second-order valence-corrected chi connectivity index (χ2v) is 6.10. The van der Waals surface area contributed by atoms with E-state index in [1.165, 1.54) is 0 Å². The van der Waals surface area contributed by atoms with E-state index < -0.39 is 12.1 Å². The highest BCUT2D eigenvalue weighted by molar-refractivity contribution is 5.74. The first-order valence-corrected chi connectivity index (χ1v) is 8.54. The summed E-state index contributed by atoms with van der Waals surface area (Å²) < 4.78 is 47.8. The van der Waals surface area contributed by atoms with Crippen molar-refractivity contribution >= 4 is 6.03 Å². The maximum absolute atomic E-state index is 12.5. The third-order valence-electron chi connectivity index (χ3n) is 4.20. The van der Waals surface area contributed by atoms with Crippen LogP contribution in [0.25, 0.3) is 0 Å². The van der Waals surface area contributed by atoms with Gasteiger partial charge in [-0.3, -0.25) is 0 Å². The third kappa shape index (κ3) is 5.11. The van der Waals surface area contributed by atoms with Crippen LogP contribution in [-0.4, -0.2) is 47.4 Å². The molecule has 2 heterocycles. The summed E-state index contributed by atoms with van der Waals surface area (Å²) in [6.07, 6.45) is -3.71. The van der Waals surface area contributed by atoms with E-state index in [2.05, 4.69) is 15.5 Å². The Morgan fingerprint density at radius 3 is 2.56 bits per heavy atom. The molecule has 0 atom stereocenters. The van der Waals surface area contributed by atoms with Crippen LogP contribution in [0.15, 0.2) is 34.7 Å². The number of urea groups is 1. The summed E-state index contributed by atoms with van der Waals surface area (Å²) in [4.78, 5) is 13.8. The SMILES string of the molecule is O=C(NCCOc1ccccc1)N1CCC(c2nnc(C(F)(F)F)o2)CC1. The second kappa shape index (κ2) is 8.28. The number of para-hydroxylation sites is 1. The fourth-order valence-electron chi connectivity index (χ4n) is 2.80. The van der Waals surface area contributed by atoms with Gasteiger partial charge in [-0.1, -0.05) is 18.2 Å². The van der Waals surface area contributed by atoms with Crippen molar-refractivity contribution in [2.24, 2.45) is 0 Å². The predicted molar refractivity (Wildman–Crippen MR) is 88.2 cm³/mol. The monoisotopic (exact) mass is 384 g/mol. The van der Waals surface area contributed by atoms with Gasteiger partial charge >= 0.3 is 18.1 Å². The van der Waals surface area contributed by atoms with E-state index in [4.69, 9.17) is 9.15 Å². The molecule has 1 aliphatic heterocycles. The van der Waals surface area contributed by atoms with Crippen LogP contribution in [-0.2, 0) is 6.18 Å². The number of hydrogen-bond donors (Lipinski definition) is 1. The molecule has 1 saturated heterocycles. The Labute approximate surface area is 153 Å². The Morgan fingerprint density at radius 2 is 1.93 bits per heavy atom. The van der Waals surface area contributed by atoms with Gasteiger partial charge in [-0.05, 0) is 25.0 Å². The number of likely N-dealkylation sites (tertiary alicyclic amines) is 1. The van der Waals surface area contributed by atoms with Crippen molar-refractivity contribution in [1.82, 2.24) is 20.4 Å². The lowest BCUT2D eigenvalue weighted by Crippen LogP contribution is -2.45. The third-order valence-corrected chi connectivity index (χ3v) is 4.20. The molecule has 1 aliphatic rings. The minimum Gasteiger partial charge on any atom is -0.492 e. The van der Waals surface area contributed by atoms with Crippen LogP contribution in [0.4, 0.5) is 18.0 Å². The van der Waals surface area contributed by atoms with E-state index in [-0.39, 0.29) is 17.8 Å². The van der Waals surface area contributed by atoms with Crippen LogP contribution in [0, 0.1) is 0 Å². The lowest BCUT2D eigenvalue weighted by atomic mass is 9.97. The highest BCUT2D eigenvalue weighted by atomic mass is 19.4. The van der Waals surface area contributed by atoms with Gasteiger partial charge in [-0.25, -0.2) is 4.79 Å². The molecule has 2 amide bonds. The molecular weight excluding hydrogens is 365 g/mol. The minimum atomic E-state index is -4.65. The van der Waals surface area contributed by atoms with Gasteiger partial charge in [0, 0.05) is 19.0 Å². The van der Waals surface area contributed by atoms with Gasteiger partial charge in [-0.15, -0.1) is 10.2 Å². The number of amides is 2. The topological polar surface area (TPSA) is 80.5 Å². The summed E-state index contributed by atoms with van der Waals surface area (Å²) in [5.74, 6) is -0.917.